The molecule has 0 radical (unpaired) electrons. The summed E-state index contributed by atoms with van der Waals surface area (Å²) < 4.78 is 41.9. The van der Waals surface area contributed by atoms with Crippen LogP contribution in [0.3, 0.4) is 0 Å². The molecule has 2 aliphatic heterocycles. The molecular formula is C29H31F3N4O2. The van der Waals surface area contributed by atoms with Crippen LogP contribution < -0.4 is 10.6 Å². The number of rotatable bonds is 5. The highest BCUT2D eigenvalue weighted by Gasteiger charge is 2.53. The van der Waals surface area contributed by atoms with E-state index in [9.17, 15) is 23.1 Å². The molecule has 3 atom stereocenters. The van der Waals surface area contributed by atoms with Crippen molar-refractivity contribution in [2.24, 2.45) is 11.8 Å². The molecule has 0 aliphatic carbocycles. The van der Waals surface area contributed by atoms with Gasteiger partial charge < -0.3 is 25.5 Å². The second kappa shape index (κ2) is 10.4. The van der Waals surface area contributed by atoms with Gasteiger partial charge in [0.1, 0.15) is 23.1 Å². The van der Waals surface area contributed by atoms with Crippen LogP contribution in [0.15, 0.2) is 60.7 Å². The number of nitrogens with zero attached hydrogens (tertiary/aromatic N) is 2. The Morgan fingerprint density at radius 3 is 2.16 bits per heavy atom. The average molecular weight is 525 g/mol. The zero-order valence-electron chi connectivity index (χ0n) is 21.3. The summed E-state index contributed by atoms with van der Waals surface area (Å²) in [4.78, 5) is 16.7. The Morgan fingerprint density at radius 2 is 1.58 bits per heavy atom. The first-order valence-corrected chi connectivity index (χ1v) is 12.6. The van der Waals surface area contributed by atoms with Gasteiger partial charge in [-0.2, -0.15) is 0 Å². The number of urea groups is 1. The number of nitrogens with one attached hydrogen (secondary N) is 2. The van der Waals surface area contributed by atoms with E-state index >= 15 is 0 Å². The lowest BCUT2D eigenvalue weighted by Gasteiger charge is -2.55. The molecule has 0 aromatic heterocycles. The molecule has 2 aliphatic rings. The Bertz CT molecular complexity index is 1300. The Balaban J connectivity index is 1.36. The molecule has 0 unspecified atom stereocenters. The smallest absolute Gasteiger partial charge is 0.321 e. The van der Waals surface area contributed by atoms with Gasteiger partial charge >= 0.3 is 6.03 Å². The fourth-order valence-electron chi connectivity index (χ4n) is 5.93. The van der Waals surface area contributed by atoms with Crippen molar-refractivity contribution in [3.05, 3.63) is 89.2 Å². The lowest BCUT2D eigenvalue weighted by molar-refractivity contribution is -0.153. The van der Waals surface area contributed by atoms with Gasteiger partial charge in [0, 0.05) is 61.9 Å². The van der Waals surface area contributed by atoms with Crippen LogP contribution >= 0.6 is 0 Å². The molecule has 0 saturated carbocycles. The monoisotopic (exact) mass is 524 g/mol. The minimum atomic E-state index is -1.18. The number of anilines is 1. The average Bonchev–Trinajstić information content (AvgIpc) is 2.84. The molecule has 3 aromatic carbocycles. The van der Waals surface area contributed by atoms with Gasteiger partial charge in [-0.15, -0.1) is 0 Å². The van der Waals surface area contributed by atoms with E-state index in [4.69, 9.17) is 0 Å². The van der Waals surface area contributed by atoms with Crippen LogP contribution in [0, 0.1) is 29.3 Å². The first-order chi connectivity index (χ1) is 18.2. The van der Waals surface area contributed by atoms with Crippen molar-refractivity contribution in [3.8, 4) is 11.1 Å². The van der Waals surface area contributed by atoms with Gasteiger partial charge in [-0.25, -0.2) is 18.0 Å². The normalized spacial score (nSPS) is 23.4. The van der Waals surface area contributed by atoms with Crippen LogP contribution in [-0.2, 0) is 12.1 Å². The SMILES string of the molecule is CNCc1ccc(-c2ccc([C@@]3(O)[C@@H]4CN(C)C[C@H]3CN(C(=O)Nc3cc(F)cc(F)c3)C4)cc2)c(F)c1. The van der Waals surface area contributed by atoms with E-state index in [1.807, 2.05) is 44.4 Å². The molecule has 3 aromatic rings. The van der Waals surface area contributed by atoms with Gasteiger partial charge in [0.2, 0.25) is 0 Å². The highest BCUT2D eigenvalue weighted by molar-refractivity contribution is 5.89. The molecule has 2 fully saturated rings. The summed E-state index contributed by atoms with van der Waals surface area (Å²) in [5, 5.41) is 17.6. The highest BCUT2D eigenvalue weighted by Crippen LogP contribution is 2.45. The summed E-state index contributed by atoms with van der Waals surface area (Å²) in [6, 6.07) is 14.9. The van der Waals surface area contributed by atoms with Crippen molar-refractivity contribution in [3.63, 3.8) is 0 Å². The predicted octanol–water partition coefficient (Wildman–Crippen LogP) is 4.40. The number of hydrogen-bond acceptors (Lipinski definition) is 4. The molecule has 200 valence electrons. The minimum absolute atomic E-state index is 0.0393. The number of carbonyl (C=O) groups is 1. The van der Waals surface area contributed by atoms with Gasteiger partial charge in [0.25, 0.3) is 0 Å². The van der Waals surface area contributed by atoms with E-state index in [0.29, 0.717) is 30.8 Å². The Morgan fingerprint density at radius 1 is 0.947 bits per heavy atom. The fourth-order valence-corrected chi connectivity index (χ4v) is 5.93. The van der Waals surface area contributed by atoms with Crippen LogP contribution in [0.2, 0.25) is 0 Å². The molecule has 9 heteroatoms. The van der Waals surface area contributed by atoms with Gasteiger partial charge in [-0.05, 0) is 49.0 Å². The second-order valence-electron chi connectivity index (χ2n) is 10.4. The fraction of sp³-hybridized carbons (Fsp3) is 0.345. The van der Waals surface area contributed by atoms with Gasteiger partial charge in [-0.3, -0.25) is 0 Å². The molecule has 38 heavy (non-hydrogen) atoms. The molecule has 2 amide bonds. The number of halogens is 3. The molecule has 2 heterocycles. The molecular weight excluding hydrogens is 493 g/mol. The molecule has 5 rings (SSSR count). The maximum absolute atomic E-state index is 14.8. The number of piperidine rings is 2. The van der Waals surface area contributed by atoms with Gasteiger partial charge in [0.05, 0.1) is 0 Å². The Kier molecular flexibility index (Phi) is 7.17. The molecule has 2 saturated heterocycles. The summed E-state index contributed by atoms with van der Waals surface area (Å²) in [6.45, 7) is 2.24. The highest BCUT2D eigenvalue weighted by atomic mass is 19.1. The van der Waals surface area contributed by atoms with E-state index in [0.717, 1.165) is 29.3 Å². The van der Waals surface area contributed by atoms with Crippen LogP contribution in [-0.4, -0.2) is 61.2 Å². The van der Waals surface area contributed by atoms with Crippen molar-refractivity contribution in [2.45, 2.75) is 12.1 Å². The largest absolute Gasteiger partial charge is 0.384 e. The molecule has 6 nitrogen and oxygen atoms in total. The number of benzene rings is 3. The third kappa shape index (κ3) is 5.01. The van der Waals surface area contributed by atoms with Crippen molar-refractivity contribution >= 4 is 11.7 Å². The maximum Gasteiger partial charge on any atom is 0.321 e. The standard InChI is InChI=1S/C29H31F3N4O2/c1-33-13-18-3-8-26(27(32)9-18)19-4-6-20(7-5-19)29(38)21-14-35(2)15-22(29)17-36(16-21)28(37)34-25-11-23(30)10-24(31)12-25/h3-12,21-22,33,38H,13-17H2,1-2H3,(H,34,37)/t21-,22+,29-. The number of fused-ring (bicyclic) bond motifs is 2. The first kappa shape index (κ1) is 26.2. The molecule has 2 bridgehead atoms. The zero-order valence-corrected chi connectivity index (χ0v) is 21.3. The van der Waals surface area contributed by atoms with Crippen molar-refractivity contribution in [2.75, 3.05) is 45.6 Å². The van der Waals surface area contributed by atoms with Gasteiger partial charge in [-0.1, -0.05) is 36.4 Å². The zero-order chi connectivity index (χ0) is 27.0. The summed E-state index contributed by atoms with van der Waals surface area (Å²) in [6.07, 6.45) is 0. The van der Waals surface area contributed by atoms with Crippen molar-refractivity contribution in [1.82, 2.24) is 15.1 Å². The van der Waals surface area contributed by atoms with Crippen LogP contribution in [0.4, 0.5) is 23.7 Å². The summed E-state index contributed by atoms with van der Waals surface area (Å²) in [5.74, 6) is -2.44. The third-order valence-corrected chi connectivity index (χ3v) is 7.66. The number of aliphatic hydroxyl groups is 1. The van der Waals surface area contributed by atoms with Crippen LogP contribution in [0.25, 0.3) is 11.1 Å². The second-order valence-corrected chi connectivity index (χ2v) is 10.4. The van der Waals surface area contributed by atoms with E-state index in [1.165, 1.54) is 6.07 Å². The van der Waals surface area contributed by atoms with E-state index in [-0.39, 0.29) is 36.4 Å². The molecule has 3 N–H and O–H groups in total. The van der Waals surface area contributed by atoms with Gasteiger partial charge in [0.15, 0.2) is 0 Å². The quantitative estimate of drug-likeness (QED) is 0.463. The predicted molar refractivity (Wildman–Crippen MR) is 140 cm³/mol. The van der Waals surface area contributed by atoms with Crippen molar-refractivity contribution < 1.29 is 23.1 Å². The maximum atomic E-state index is 14.8. The topological polar surface area (TPSA) is 67.8 Å². The molecule has 0 spiro atoms. The van der Waals surface area contributed by atoms with Crippen molar-refractivity contribution in [1.29, 1.82) is 0 Å². The summed E-state index contributed by atoms with van der Waals surface area (Å²) in [7, 11) is 3.79. The number of hydrogen-bond donors (Lipinski definition) is 3. The van der Waals surface area contributed by atoms with E-state index < -0.39 is 23.3 Å². The third-order valence-electron chi connectivity index (χ3n) is 7.66. The number of amides is 2. The first-order valence-electron chi connectivity index (χ1n) is 12.6. The number of carbonyl (C=O) groups excluding carboxylic acids is 1. The Hall–Kier alpha value is -3.40. The lowest BCUT2D eigenvalue weighted by Crippen LogP contribution is -2.65. The summed E-state index contributed by atoms with van der Waals surface area (Å²) >= 11 is 0. The Labute approximate surface area is 220 Å². The summed E-state index contributed by atoms with van der Waals surface area (Å²) in [5.41, 5.74) is 1.65. The van der Waals surface area contributed by atoms with E-state index in [2.05, 4.69) is 15.5 Å². The number of likely N-dealkylation sites (tertiary alicyclic amines) is 2. The lowest BCUT2D eigenvalue weighted by atomic mass is 9.66. The minimum Gasteiger partial charge on any atom is -0.384 e. The van der Waals surface area contributed by atoms with Crippen LogP contribution in [0.1, 0.15) is 11.1 Å². The van der Waals surface area contributed by atoms with E-state index in [1.54, 1.807) is 11.0 Å². The van der Waals surface area contributed by atoms with Crippen LogP contribution in [0.5, 0.6) is 0 Å².